The first-order chi connectivity index (χ1) is 10.7. The van der Waals surface area contributed by atoms with E-state index in [1.54, 1.807) is 0 Å². The molecule has 1 aliphatic rings. The first-order valence-electron chi connectivity index (χ1n) is 8.25. The molecule has 2 aromatic carbocycles. The molecule has 0 aliphatic carbocycles. The molecular formula is C20H25NO. The SMILES string of the molecule is Cc1cc(C2CCCCN2)cc(C)c1OCc1ccccc1. The monoisotopic (exact) mass is 295 g/mol. The highest BCUT2D eigenvalue weighted by molar-refractivity contribution is 5.44. The number of piperidine rings is 1. The molecule has 1 aliphatic heterocycles. The van der Waals surface area contributed by atoms with Crippen LogP contribution in [0, 0.1) is 13.8 Å². The number of ether oxygens (including phenoxy) is 1. The quantitative estimate of drug-likeness (QED) is 0.883. The maximum atomic E-state index is 6.08. The van der Waals surface area contributed by atoms with E-state index in [1.165, 1.54) is 41.5 Å². The highest BCUT2D eigenvalue weighted by atomic mass is 16.5. The summed E-state index contributed by atoms with van der Waals surface area (Å²) in [5.41, 5.74) is 5.08. The van der Waals surface area contributed by atoms with Crippen molar-refractivity contribution < 1.29 is 4.74 Å². The van der Waals surface area contributed by atoms with Gasteiger partial charge in [-0.1, -0.05) is 48.9 Å². The van der Waals surface area contributed by atoms with Crippen molar-refractivity contribution in [3.05, 3.63) is 64.7 Å². The second-order valence-corrected chi connectivity index (χ2v) is 6.26. The maximum Gasteiger partial charge on any atom is 0.125 e. The van der Waals surface area contributed by atoms with Crippen LogP contribution in [0.5, 0.6) is 5.75 Å². The largest absolute Gasteiger partial charge is 0.488 e. The molecule has 3 rings (SSSR count). The second kappa shape index (κ2) is 6.97. The normalized spacial score (nSPS) is 18.2. The number of nitrogens with one attached hydrogen (secondary N) is 1. The molecule has 0 amide bonds. The van der Waals surface area contributed by atoms with Gasteiger partial charge in [0, 0.05) is 6.04 Å². The van der Waals surface area contributed by atoms with Crippen molar-refractivity contribution in [3.8, 4) is 5.75 Å². The third-order valence-corrected chi connectivity index (χ3v) is 4.42. The Morgan fingerprint density at radius 1 is 1.05 bits per heavy atom. The predicted octanol–water partition coefficient (Wildman–Crippen LogP) is 4.70. The minimum atomic E-state index is 0.509. The van der Waals surface area contributed by atoms with Gasteiger partial charge in [0.2, 0.25) is 0 Å². The smallest absolute Gasteiger partial charge is 0.125 e. The zero-order valence-corrected chi connectivity index (χ0v) is 13.6. The molecule has 0 spiro atoms. The molecule has 1 heterocycles. The Kier molecular flexibility index (Phi) is 4.79. The summed E-state index contributed by atoms with van der Waals surface area (Å²) in [5.74, 6) is 1.03. The molecule has 1 saturated heterocycles. The van der Waals surface area contributed by atoms with E-state index in [0.29, 0.717) is 12.6 Å². The van der Waals surface area contributed by atoms with E-state index in [9.17, 15) is 0 Å². The Bertz CT molecular complexity index is 592. The topological polar surface area (TPSA) is 21.3 Å². The van der Waals surface area contributed by atoms with Crippen LogP contribution in [0.25, 0.3) is 0 Å². The van der Waals surface area contributed by atoms with Gasteiger partial charge in [-0.05, 0) is 55.5 Å². The fourth-order valence-corrected chi connectivity index (χ4v) is 3.28. The van der Waals surface area contributed by atoms with Crippen LogP contribution in [0.15, 0.2) is 42.5 Å². The van der Waals surface area contributed by atoms with Gasteiger partial charge in [0.05, 0.1) is 0 Å². The van der Waals surface area contributed by atoms with Gasteiger partial charge in [0.1, 0.15) is 12.4 Å². The summed E-state index contributed by atoms with van der Waals surface area (Å²) in [6, 6.07) is 15.4. The van der Waals surface area contributed by atoms with Crippen molar-refractivity contribution in [1.29, 1.82) is 0 Å². The standard InChI is InChI=1S/C20H25NO/c1-15-12-18(19-10-6-7-11-21-19)13-16(2)20(15)22-14-17-8-4-3-5-9-17/h3-5,8-9,12-13,19,21H,6-7,10-11,14H2,1-2H3. The zero-order valence-electron chi connectivity index (χ0n) is 13.6. The molecular weight excluding hydrogens is 270 g/mol. The number of benzene rings is 2. The van der Waals surface area contributed by atoms with Gasteiger partial charge in [0.15, 0.2) is 0 Å². The molecule has 2 heteroatoms. The van der Waals surface area contributed by atoms with E-state index in [1.807, 2.05) is 6.07 Å². The summed E-state index contributed by atoms with van der Waals surface area (Å²) in [6.07, 6.45) is 3.86. The predicted molar refractivity (Wildman–Crippen MR) is 91.3 cm³/mol. The van der Waals surface area contributed by atoms with Crippen LogP contribution < -0.4 is 10.1 Å². The molecule has 1 atom stereocenters. The Morgan fingerprint density at radius 2 is 1.77 bits per heavy atom. The fourth-order valence-electron chi connectivity index (χ4n) is 3.28. The third-order valence-electron chi connectivity index (χ3n) is 4.42. The summed E-state index contributed by atoms with van der Waals surface area (Å²) < 4.78 is 6.08. The molecule has 0 bridgehead atoms. The number of aryl methyl sites for hydroxylation is 2. The highest BCUT2D eigenvalue weighted by Crippen LogP contribution is 2.31. The lowest BCUT2D eigenvalue weighted by atomic mass is 9.94. The minimum Gasteiger partial charge on any atom is -0.488 e. The van der Waals surface area contributed by atoms with Crippen molar-refractivity contribution in [2.45, 2.75) is 45.8 Å². The average molecular weight is 295 g/mol. The van der Waals surface area contributed by atoms with E-state index in [0.717, 1.165) is 12.3 Å². The molecule has 1 unspecified atom stereocenters. The molecule has 1 N–H and O–H groups in total. The Balaban J connectivity index is 1.74. The maximum absolute atomic E-state index is 6.08. The summed E-state index contributed by atoms with van der Waals surface area (Å²) in [5, 5.41) is 3.63. The Labute approximate surface area is 133 Å². The Hall–Kier alpha value is -1.80. The van der Waals surface area contributed by atoms with Crippen LogP contribution in [0.1, 0.15) is 47.6 Å². The molecule has 0 radical (unpaired) electrons. The lowest BCUT2D eigenvalue weighted by molar-refractivity contribution is 0.301. The molecule has 116 valence electrons. The van der Waals surface area contributed by atoms with E-state index in [-0.39, 0.29) is 0 Å². The van der Waals surface area contributed by atoms with Crippen LogP contribution in [0.3, 0.4) is 0 Å². The van der Waals surface area contributed by atoms with Gasteiger partial charge < -0.3 is 10.1 Å². The first kappa shape index (κ1) is 15.1. The van der Waals surface area contributed by atoms with Gasteiger partial charge in [0.25, 0.3) is 0 Å². The van der Waals surface area contributed by atoms with Crippen molar-refractivity contribution >= 4 is 0 Å². The summed E-state index contributed by atoms with van der Waals surface area (Å²) in [6.45, 7) is 6.07. The molecule has 2 aromatic rings. The summed E-state index contributed by atoms with van der Waals surface area (Å²) in [4.78, 5) is 0. The minimum absolute atomic E-state index is 0.509. The Morgan fingerprint density at radius 3 is 2.41 bits per heavy atom. The zero-order chi connectivity index (χ0) is 15.4. The van der Waals surface area contributed by atoms with Gasteiger partial charge in [-0.15, -0.1) is 0 Å². The molecule has 0 aromatic heterocycles. The van der Waals surface area contributed by atoms with Crippen molar-refractivity contribution in [2.75, 3.05) is 6.54 Å². The first-order valence-corrected chi connectivity index (χ1v) is 8.25. The molecule has 2 nitrogen and oxygen atoms in total. The fraction of sp³-hybridized carbons (Fsp3) is 0.400. The number of rotatable bonds is 4. The van der Waals surface area contributed by atoms with E-state index < -0.39 is 0 Å². The lowest BCUT2D eigenvalue weighted by Gasteiger charge is -2.25. The lowest BCUT2D eigenvalue weighted by Crippen LogP contribution is -2.26. The number of hydrogen-bond donors (Lipinski definition) is 1. The second-order valence-electron chi connectivity index (χ2n) is 6.26. The van der Waals surface area contributed by atoms with Crippen molar-refractivity contribution in [1.82, 2.24) is 5.32 Å². The summed E-state index contributed by atoms with van der Waals surface area (Å²) in [7, 11) is 0. The van der Waals surface area contributed by atoms with Gasteiger partial charge >= 0.3 is 0 Å². The van der Waals surface area contributed by atoms with Crippen molar-refractivity contribution in [3.63, 3.8) is 0 Å². The van der Waals surface area contributed by atoms with E-state index in [2.05, 4.69) is 55.6 Å². The van der Waals surface area contributed by atoms with Gasteiger partial charge in [-0.3, -0.25) is 0 Å². The molecule has 22 heavy (non-hydrogen) atoms. The molecule has 1 fully saturated rings. The van der Waals surface area contributed by atoms with Crippen molar-refractivity contribution in [2.24, 2.45) is 0 Å². The van der Waals surface area contributed by atoms with Crippen LogP contribution in [-0.2, 0) is 6.61 Å². The number of hydrogen-bond acceptors (Lipinski definition) is 2. The van der Waals surface area contributed by atoms with E-state index >= 15 is 0 Å². The van der Waals surface area contributed by atoms with Crippen LogP contribution in [0.4, 0.5) is 0 Å². The van der Waals surface area contributed by atoms with Crippen LogP contribution in [0.2, 0.25) is 0 Å². The summed E-state index contributed by atoms with van der Waals surface area (Å²) >= 11 is 0. The van der Waals surface area contributed by atoms with Gasteiger partial charge in [-0.2, -0.15) is 0 Å². The average Bonchev–Trinajstić information content (AvgIpc) is 2.56. The van der Waals surface area contributed by atoms with Gasteiger partial charge in [-0.25, -0.2) is 0 Å². The third kappa shape index (κ3) is 3.50. The van der Waals surface area contributed by atoms with E-state index in [4.69, 9.17) is 4.74 Å². The molecule has 0 saturated carbocycles. The highest BCUT2D eigenvalue weighted by Gasteiger charge is 2.17. The van der Waals surface area contributed by atoms with Crippen LogP contribution in [-0.4, -0.2) is 6.54 Å². The van der Waals surface area contributed by atoms with Crippen LogP contribution >= 0.6 is 0 Å².